The van der Waals surface area contributed by atoms with Gasteiger partial charge in [-0.25, -0.2) is 19.2 Å². The Morgan fingerprint density at radius 3 is 1.60 bits per heavy atom. The fourth-order valence-electron chi connectivity index (χ4n) is 5.30. The molecule has 0 aromatic heterocycles. The Balaban J connectivity index is 0. The van der Waals surface area contributed by atoms with Crippen molar-refractivity contribution in [1.82, 2.24) is 25.2 Å². The number of hydrogen-bond donors (Lipinski definition) is 4. The number of likely N-dealkylation sites (tertiary alicyclic amines) is 2. The van der Waals surface area contributed by atoms with E-state index in [1.807, 2.05) is 45.3 Å². The molecule has 18 heteroatoms. The van der Waals surface area contributed by atoms with Gasteiger partial charge < -0.3 is 60.2 Å². The number of hydrogen-bond acceptors (Lipinski definition) is 12. The quantitative estimate of drug-likeness (QED) is 0.0428. The molecule has 4 unspecified atom stereocenters. The van der Waals surface area contributed by atoms with E-state index in [9.17, 15) is 20.4 Å². The van der Waals surface area contributed by atoms with Crippen LogP contribution in [0.3, 0.4) is 0 Å². The van der Waals surface area contributed by atoms with Crippen LogP contribution < -0.4 is 54.4 Å². The van der Waals surface area contributed by atoms with Gasteiger partial charge in [0.05, 0.1) is 58.7 Å². The Morgan fingerprint density at radius 1 is 0.738 bits per heavy atom. The first-order valence-corrected chi connectivity index (χ1v) is 14.1. The summed E-state index contributed by atoms with van der Waals surface area (Å²) in [5.74, 6) is 0.257. The number of hydrazine groups is 2. The molecule has 0 saturated carbocycles. The first-order chi connectivity index (χ1) is 17.7. The van der Waals surface area contributed by atoms with Crippen molar-refractivity contribution < 1.29 is 98.9 Å². The summed E-state index contributed by atoms with van der Waals surface area (Å²) in [6.07, 6.45) is -0.795. The molecule has 4 atom stereocenters. The summed E-state index contributed by atoms with van der Waals surface area (Å²) >= 11 is 5.50. The summed E-state index contributed by atoms with van der Waals surface area (Å²) in [7, 11) is 12.1. The Bertz CT molecular complexity index is 743. The zero-order valence-electron chi connectivity index (χ0n) is 26.3. The van der Waals surface area contributed by atoms with Gasteiger partial charge in [-0.1, -0.05) is 5.12 Å². The van der Waals surface area contributed by atoms with E-state index in [4.69, 9.17) is 21.1 Å². The molecule has 4 fully saturated rings. The third-order valence-corrected chi connectivity index (χ3v) is 8.37. The third kappa shape index (κ3) is 14.0. The van der Waals surface area contributed by atoms with Crippen LogP contribution in [-0.2, 0) is 9.47 Å². The van der Waals surface area contributed by atoms with Crippen LogP contribution in [0.2, 0.25) is 0 Å². The minimum absolute atomic E-state index is 0. The normalized spacial score (nSPS) is 32.3. The van der Waals surface area contributed by atoms with Gasteiger partial charge in [0.1, 0.15) is 32.3 Å². The first kappa shape index (κ1) is 45.4. The third-order valence-electron chi connectivity index (χ3n) is 8.02. The topological polar surface area (TPSA) is 152 Å². The van der Waals surface area contributed by atoms with Crippen molar-refractivity contribution >= 4 is 11.6 Å². The molecule has 0 aromatic carbocycles. The Kier molecular flexibility index (Phi) is 21.5. The van der Waals surface area contributed by atoms with E-state index >= 15 is 0 Å². The van der Waals surface area contributed by atoms with Gasteiger partial charge in [-0.2, -0.15) is 10.0 Å². The van der Waals surface area contributed by atoms with Crippen LogP contribution in [0.4, 0.5) is 0 Å². The summed E-state index contributed by atoms with van der Waals surface area (Å²) in [5, 5.41) is 49.2. The SMILES string of the molecule is CN(CC(O)CCl)[N+]1(C)CC(O)C1.CN(CC(O)CN(C)N(CC1CO1)[N+]1(C)CC(O)C1)N(C)CC1CO1.[Cl-].[Cl-].[Na+].[OH-]. The van der Waals surface area contributed by atoms with Crippen molar-refractivity contribution in [1.29, 1.82) is 0 Å². The number of aliphatic hydroxyl groups excluding tert-OH is 4. The Hall–Kier alpha value is 1.31. The van der Waals surface area contributed by atoms with Crippen LogP contribution in [0, 0.1) is 0 Å². The average molecular weight is 681 g/mol. The minimum Gasteiger partial charge on any atom is -1.00 e. The molecule has 0 spiro atoms. The Morgan fingerprint density at radius 2 is 1.17 bits per heavy atom. The number of aliphatic hydroxyl groups is 4. The van der Waals surface area contributed by atoms with E-state index in [2.05, 4.69) is 22.2 Å². The van der Waals surface area contributed by atoms with E-state index < -0.39 is 12.2 Å². The molecule has 14 nitrogen and oxygen atoms in total. The second kappa shape index (κ2) is 19.9. The van der Waals surface area contributed by atoms with Crippen molar-refractivity contribution in [3.63, 3.8) is 0 Å². The van der Waals surface area contributed by atoms with Gasteiger partial charge in [-0.15, -0.1) is 11.6 Å². The molecular weight excluding hydrogens is 628 g/mol. The molecule has 4 aliphatic rings. The summed E-state index contributed by atoms with van der Waals surface area (Å²) in [4.78, 5) is 0. The smallest absolute Gasteiger partial charge is 1.00 e. The largest absolute Gasteiger partial charge is 1.00 e. The zero-order chi connectivity index (χ0) is 28.3. The number of ether oxygens (including phenoxy) is 2. The van der Waals surface area contributed by atoms with E-state index in [1.165, 1.54) is 0 Å². The van der Waals surface area contributed by atoms with Gasteiger partial charge in [0, 0.05) is 53.7 Å². The average Bonchev–Trinajstić information content (AvgIpc) is 3.71. The predicted octanol–water partition coefficient (Wildman–Crippen LogP) is -12.1. The summed E-state index contributed by atoms with van der Waals surface area (Å²) in [6.45, 7) is 7.80. The minimum atomic E-state index is -0.487. The fourth-order valence-corrected chi connectivity index (χ4v) is 5.39. The molecule has 42 heavy (non-hydrogen) atoms. The van der Waals surface area contributed by atoms with E-state index in [0.29, 0.717) is 48.0 Å². The molecule has 0 radical (unpaired) electrons. The second-order valence-corrected chi connectivity index (χ2v) is 12.3. The number of rotatable bonds is 15. The molecule has 4 rings (SSSR count). The summed E-state index contributed by atoms with van der Waals surface area (Å²) in [6, 6.07) is 0. The molecule has 0 amide bonds. The molecule has 0 aromatic rings. The molecular formula is C24H53Cl3N7NaO7. The standard InChI is InChI=1S/C16H34N5O4.C8H18ClN2O2.2ClH.Na.H2O/c1-17(18(2)7-15-11-24-15)5-13(22)6-19(3)20(8-16-12-25-16)21(4)9-14(23)10-21;1-10(4-7(12)3-9)11(2)5-8(13)6-11;;;;/h13-16,22-23H,5-12H2,1-4H3;7-8,12-13H,3-6H2,1-2H3;2*1H;;1H2/q2*+1;;;+1;/p-3. The fraction of sp³-hybridized carbons (Fsp3) is 1.00. The number of alkyl halides is 1. The van der Waals surface area contributed by atoms with Gasteiger partial charge in [-0.05, 0) is 0 Å². The van der Waals surface area contributed by atoms with E-state index in [1.54, 1.807) is 0 Å². The second-order valence-electron chi connectivity index (χ2n) is 12.0. The molecule has 0 bridgehead atoms. The molecule has 5 N–H and O–H groups in total. The van der Waals surface area contributed by atoms with Crippen molar-refractivity contribution in [3.8, 4) is 0 Å². The maximum atomic E-state index is 10.5. The van der Waals surface area contributed by atoms with Crippen molar-refractivity contribution in [2.45, 2.75) is 36.6 Å². The molecule has 4 aliphatic heterocycles. The van der Waals surface area contributed by atoms with Crippen LogP contribution in [0.25, 0.3) is 0 Å². The number of quaternary nitrogens is 2. The number of halogens is 3. The van der Waals surface area contributed by atoms with Gasteiger partial charge in [-0.3, -0.25) is 0 Å². The van der Waals surface area contributed by atoms with E-state index in [-0.39, 0.29) is 84.0 Å². The van der Waals surface area contributed by atoms with Crippen LogP contribution in [-0.4, -0.2) is 217 Å². The molecule has 0 aliphatic carbocycles. The molecule has 4 saturated heterocycles. The molecule has 4 heterocycles. The summed E-state index contributed by atoms with van der Waals surface area (Å²) < 4.78 is 12.0. The van der Waals surface area contributed by atoms with Gasteiger partial charge in [0.2, 0.25) is 0 Å². The predicted molar refractivity (Wildman–Crippen MR) is 145 cm³/mol. The monoisotopic (exact) mass is 679 g/mol. The number of nitrogens with zero attached hydrogens (tertiary/aromatic N) is 7. The molecule has 248 valence electrons. The van der Waals surface area contributed by atoms with Crippen LogP contribution in [0.5, 0.6) is 0 Å². The van der Waals surface area contributed by atoms with Crippen LogP contribution in [0.1, 0.15) is 0 Å². The zero-order valence-corrected chi connectivity index (χ0v) is 30.5. The van der Waals surface area contributed by atoms with Crippen LogP contribution in [0.15, 0.2) is 0 Å². The maximum absolute atomic E-state index is 10.5. The van der Waals surface area contributed by atoms with Gasteiger partial charge in [0.25, 0.3) is 0 Å². The Labute approximate surface area is 291 Å². The van der Waals surface area contributed by atoms with Crippen molar-refractivity contribution in [2.75, 3.05) is 120 Å². The van der Waals surface area contributed by atoms with Crippen molar-refractivity contribution in [3.05, 3.63) is 0 Å². The first-order valence-electron chi connectivity index (χ1n) is 13.6. The van der Waals surface area contributed by atoms with Crippen LogP contribution >= 0.6 is 11.6 Å². The van der Waals surface area contributed by atoms with Crippen molar-refractivity contribution in [2.24, 2.45) is 0 Å². The summed E-state index contributed by atoms with van der Waals surface area (Å²) in [5.41, 5.74) is 0. The maximum Gasteiger partial charge on any atom is 1.00 e. The van der Waals surface area contributed by atoms with Gasteiger partial charge in [0.15, 0.2) is 12.2 Å². The number of epoxide rings is 2. The number of likely N-dealkylation sites (N-methyl/N-ethyl adjacent to an activating group) is 6. The van der Waals surface area contributed by atoms with Gasteiger partial charge >= 0.3 is 29.6 Å². The van der Waals surface area contributed by atoms with E-state index in [0.717, 1.165) is 39.4 Å².